The van der Waals surface area contributed by atoms with Crippen molar-refractivity contribution in [2.24, 2.45) is 4.99 Å². The summed E-state index contributed by atoms with van der Waals surface area (Å²) in [7, 11) is 1.65. The Morgan fingerprint density at radius 2 is 2.07 bits per heavy atom. The number of aliphatic imine (C=N–C) groups is 1. The van der Waals surface area contributed by atoms with Crippen molar-refractivity contribution >= 4 is 29.9 Å². The Kier molecular flexibility index (Phi) is 10.5. The molecule has 1 saturated heterocycles. The zero-order valence-electron chi connectivity index (χ0n) is 15.8. The second kappa shape index (κ2) is 12.0. The van der Waals surface area contributed by atoms with Crippen LogP contribution in [-0.2, 0) is 6.42 Å². The van der Waals surface area contributed by atoms with Crippen molar-refractivity contribution in [3.05, 3.63) is 29.8 Å². The number of hydrogen-bond donors (Lipinski definition) is 2. The third kappa shape index (κ3) is 9.01. The van der Waals surface area contributed by atoms with Crippen LogP contribution in [0.3, 0.4) is 0 Å². The van der Waals surface area contributed by atoms with Crippen LogP contribution in [0.5, 0.6) is 5.75 Å². The molecule has 0 saturated carbocycles. The van der Waals surface area contributed by atoms with Gasteiger partial charge < -0.3 is 15.4 Å². The lowest BCUT2D eigenvalue weighted by Crippen LogP contribution is -2.45. The molecule has 0 amide bonds. The third-order valence-electron chi connectivity index (χ3n) is 4.19. The molecule has 2 N–H and O–H groups in total. The molecule has 0 spiro atoms. The normalized spacial score (nSPS) is 17.5. The molecule has 0 aromatic heterocycles. The van der Waals surface area contributed by atoms with E-state index in [1.807, 2.05) is 24.3 Å². The van der Waals surface area contributed by atoms with E-state index < -0.39 is 12.7 Å². The highest BCUT2D eigenvalue weighted by molar-refractivity contribution is 14.0. The molecule has 0 radical (unpaired) electrons. The summed E-state index contributed by atoms with van der Waals surface area (Å²) in [5.74, 6) is 3.74. The number of guanidine groups is 1. The largest absolute Gasteiger partial charge is 0.481 e. The lowest BCUT2D eigenvalue weighted by Gasteiger charge is -2.19. The lowest BCUT2D eigenvalue weighted by molar-refractivity contribution is -0.143. The van der Waals surface area contributed by atoms with Gasteiger partial charge in [-0.05, 0) is 30.5 Å². The predicted octanol–water partition coefficient (Wildman–Crippen LogP) is 2.66. The maximum atomic E-state index is 12.5. The Labute approximate surface area is 181 Å². The van der Waals surface area contributed by atoms with Gasteiger partial charge in [-0.3, -0.25) is 9.89 Å². The molecule has 1 fully saturated rings. The first-order valence-electron chi connectivity index (χ1n) is 8.81. The summed E-state index contributed by atoms with van der Waals surface area (Å²) in [5.41, 5.74) is 1.13. The van der Waals surface area contributed by atoms with Gasteiger partial charge in [-0.1, -0.05) is 18.1 Å². The van der Waals surface area contributed by atoms with Gasteiger partial charge in [0.05, 0.1) is 6.54 Å². The Morgan fingerprint density at radius 3 is 2.68 bits per heavy atom. The molecule has 1 aliphatic heterocycles. The Bertz CT molecular complexity index is 659. The van der Waals surface area contributed by atoms with Crippen LogP contribution in [-0.4, -0.2) is 62.9 Å². The van der Waals surface area contributed by atoms with Gasteiger partial charge in [-0.2, -0.15) is 13.2 Å². The Hall–Kier alpha value is -1.67. The first-order valence-corrected chi connectivity index (χ1v) is 8.81. The van der Waals surface area contributed by atoms with E-state index >= 15 is 0 Å². The van der Waals surface area contributed by atoms with Gasteiger partial charge in [0.15, 0.2) is 5.96 Å². The minimum absolute atomic E-state index is 0. The standard InChI is InChI=1S/C19H25F3N4O.HI/c1-3-12-27-17-6-4-15(5-7-17)8-10-24-18(23-2)25-16-9-11-26(13-16)14-19(20,21)22;/h1,4-7,16H,8-14H2,2H3,(H2,23,24,25);1H. The Morgan fingerprint density at radius 1 is 1.36 bits per heavy atom. The molecule has 156 valence electrons. The average molecular weight is 510 g/mol. The van der Waals surface area contributed by atoms with Crippen molar-refractivity contribution in [3.8, 4) is 18.1 Å². The lowest BCUT2D eigenvalue weighted by atomic mass is 10.1. The number of ether oxygens (including phenoxy) is 1. The summed E-state index contributed by atoms with van der Waals surface area (Å²) in [6.07, 6.45) is 2.44. The van der Waals surface area contributed by atoms with Gasteiger partial charge in [0.25, 0.3) is 0 Å². The minimum atomic E-state index is -4.16. The number of nitrogens with one attached hydrogen (secondary N) is 2. The van der Waals surface area contributed by atoms with Crippen molar-refractivity contribution in [2.45, 2.75) is 25.1 Å². The van der Waals surface area contributed by atoms with Gasteiger partial charge >= 0.3 is 6.18 Å². The van der Waals surface area contributed by atoms with Crippen LogP contribution in [0.2, 0.25) is 0 Å². The van der Waals surface area contributed by atoms with Gasteiger partial charge in [0, 0.05) is 32.7 Å². The van der Waals surface area contributed by atoms with Crippen LogP contribution in [0.4, 0.5) is 13.2 Å². The van der Waals surface area contributed by atoms with Crippen molar-refractivity contribution in [1.82, 2.24) is 15.5 Å². The van der Waals surface area contributed by atoms with Gasteiger partial charge in [0.2, 0.25) is 0 Å². The maximum absolute atomic E-state index is 12.5. The topological polar surface area (TPSA) is 48.9 Å². The number of nitrogens with zero attached hydrogens (tertiary/aromatic N) is 2. The number of alkyl halides is 3. The third-order valence-corrected chi connectivity index (χ3v) is 4.19. The molecule has 1 unspecified atom stereocenters. The number of halogens is 4. The van der Waals surface area contributed by atoms with Crippen LogP contribution in [0.1, 0.15) is 12.0 Å². The molecule has 5 nitrogen and oxygen atoms in total. The molecule has 1 heterocycles. The van der Waals surface area contributed by atoms with Crippen LogP contribution in [0, 0.1) is 12.3 Å². The molecule has 1 atom stereocenters. The smallest absolute Gasteiger partial charge is 0.401 e. The molecule has 1 aromatic carbocycles. The second-order valence-electron chi connectivity index (χ2n) is 6.37. The van der Waals surface area contributed by atoms with Gasteiger partial charge in [0.1, 0.15) is 12.4 Å². The molecule has 2 rings (SSSR count). The Balaban J connectivity index is 0.00000392. The molecular formula is C19H26F3IN4O. The van der Waals surface area contributed by atoms with Crippen molar-refractivity contribution in [2.75, 3.05) is 39.8 Å². The van der Waals surface area contributed by atoms with Crippen molar-refractivity contribution in [3.63, 3.8) is 0 Å². The zero-order chi connectivity index (χ0) is 19.7. The highest BCUT2D eigenvalue weighted by Gasteiger charge is 2.34. The van der Waals surface area contributed by atoms with E-state index in [4.69, 9.17) is 11.2 Å². The monoisotopic (exact) mass is 510 g/mol. The first-order chi connectivity index (χ1) is 12.9. The van der Waals surface area contributed by atoms with Gasteiger partial charge in [-0.15, -0.1) is 30.4 Å². The van der Waals surface area contributed by atoms with E-state index in [0.29, 0.717) is 32.0 Å². The molecule has 1 aromatic rings. The van der Waals surface area contributed by atoms with E-state index in [9.17, 15) is 13.2 Å². The average Bonchev–Trinajstić information content (AvgIpc) is 3.05. The minimum Gasteiger partial charge on any atom is -0.481 e. The van der Waals surface area contributed by atoms with Crippen LogP contribution >= 0.6 is 24.0 Å². The fourth-order valence-electron chi connectivity index (χ4n) is 2.94. The quantitative estimate of drug-likeness (QED) is 0.257. The molecule has 9 heteroatoms. The van der Waals surface area contributed by atoms with Crippen LogP contribution < -0.4 is 15.4 Å². The van der Waals surface area contributed by atoms with Crippen molar-refractivity contribution < 1.29 is 17.9 Å². The summed E-state index contributed by atoms with van der Waals surface area (Å²) in [6.45, 7) is 0.827. The SMILES string of the molecule is C#CCOc1ccc(CCNC(=NC)NC2CCN(CC(F)(F)F)C2)cc1.I. The van der Waals surface area contributed by atoms with E-state index in [2.05, 4.69) is 21.5 Å². The summed E-state index contributed by atoms with van der Waals surface area (Å²) < 4.78 is 42.7. The number of benzene rings is 1. The molecule has 0 bridgehead atoms. The maximum Gasteiger partial charge on any atom is 0.401 e. The highest BCUT2D eigenvalue weighted by atomic mass is 127. The van der Waals surface area contributed by atoms with Crippen LogP contribution in [0.15, 0.2) is 29.3 Å². The van der Waals surface area contributed by atoms with Crippen molar-refractivity contribution in [1.29, 1.82) is 0 Å². The number of likely N-dealkylation sites (tertiary alicyclic amines) is 1. The number of rotatable bonds is 7. The number of terminal acetylenes is 1. The molecule has 28 heavy (non-hydrogen) atoms. The van der Waals surface area contributed by atoms with Gasteiger partial charge in [-0.25, -0.2) is 0 Å². The van der Waals surface area contributed by atoms with E-state index in [-0.39, 0.29) is 36.6 Å². The zero-order valence-corrected chi connectivity index (χ0v) is 18.1. The molecular weight excluding hydrogens is 484 g/mol. The summed E-state index contributed by atoms with van der Waals surface area (Å²) in [5, 5.41) is 6.39. The second-order valence-corrected chi connectivity index (χ2v) is 6.37. The van der Waals surface area contributed by atoms with E-state index in [0.717, 1.165) is 17.7 Å². The van der Waals surface area contributed by atoms with Crippen LogP contribution in [0.25, 0.3) is 0 Å². The fourth-order valence-corrected chi connectivity index (χ4v) is 2.94. The highest BCUT2D eigenvalue weighted by Crippen LogP contribution is 2.19. The summed E-state index contributed by atoms with van der Waals surface area (Å²) in [4.78, 5) is 5.56. The predicted molar refractivity (Wildman–Crippen MR) is 115 cm³/mol. The first kappa shape index (κ1) is 24.4. The summed E-state index contributed by atoms with van der Waals surface area (Å²) >= 11 is 0. The molecule has 0 aliphatic carbocycles. The summed E-state index contributed by atoms with van der Waals surface area (Å²) in [6, 6.07) is 7.64. The molecule has 1 aliphatic rings. The fraction of sp³-hybridized carbons (Fsp3) is 0.526. The number of hydrogen-bond acceptors (Lipinski definition) is 3. The van der Waals surface area contributed by atoms with E-state index in [1.54, 1.807) is 7.05 Å². The van der Waals surface area contributed by atoms with E-state index in [1.165, 1.54) is 4.90 Å².